The van der Waals surface area contributed by atoms with Crippen LogP contribution in [0.4, 0.5) is 0 Å². The van der Waals surface area contributed by atoms with Gasteiger partial charge in [-0.2, -0.15) is 0 Å². The van der Waals surface area contributed by atoms with Gasteiger partial charge < -0.3 is 13.9 Å². The molecule has 6 heteroatoms. The Morgan fingerprint density at radius 1 is 1.29 bits per heavy atom. The molecule has 0 aliphatic carbocycles. The van der Waals surface area contributed by atoms with Gasteiger partial charge in [0.2, 0.25) is 0 Å². The van der Waals surface area contributed by atoms with Gasteiger partial charge in [0.25, 0.3) is 0 Å². The van der Waals surface area contributed by atoms with E-state index in [1.807, 2.05) is 0 Å². The fraction of sp³-hybridized carbons (Fsp3) is 0.333. The maximum Gasteiger partial charge on any atom is 0.342 e. The van der Waals surface area contributed by atoms with Crippen LogP contribution in [-0.4, -0.2) is 18.5 Å². The number of carbonyl (C=O) groups is 2. The molecule has 0 radical (unpaired) electrons. The number of hydrogen-bond donors (Lipinski definition) is 0. The Morgan fingerprint density at radius 2 is 2.00 bits per heavy atom. The van der Waals surface area contributed by atoms with Crippen molar-refractivity contribution in [2.75, 3.05) is 6.61 Å². The zero-order valence-corrected chi connectivity index (χ0v) is 13.6. The summed E-state index contributed by atoms with van der Waals surface area (Å²) in [6.07, 6.45) is 0.264. The fourth-order valence-electron chi connectivity index (χ4n) is 1.95. The molecule has 2 aromatic rings. The first-order chi connectivity index (χ1) is 9.97. The molecule has 0 aliphatic heterocycles. The standard InChI is InChI=1S/C15H15BrO5/c1-4-13(17)21-12-6-9-11(7-10(12)16)20-8(3)14(9)15(18)19-5-2/h6-7H,4-5H2,1-3H3. The van der Waals surface area contributed by atoms with Crippen LogP contribution in [0, 0.1) is 6.92 Å². The smallest absolute Gasteiger partial charge is 0.342 e. The number of ether oxygens (including phenoxy) is 2. The number of furan rings is 1. The van der Waals surface area contributed by atoms with Crippen molar-refractivity contribution in [3.05, 3.63) is 27.9 Å². The molecule has 0 atom stereocenters. The summed E-state index contributed by atoms with van der Waals surface area (Å²) in [5.74, 6) is 0.00630. The molecular weight excluding hydrogens is 340 g/mol. The fourth-order valence-corrected chi connectivity index (χ4v) is 2.35. The highest BCUT2D eigenvalue weighted by molar-refractivity contribution is 9.10. The second kappa shape index (κ2) is 6.30. The van der Waals surface area contributed by atoms with Crippen LogP contribution in [0.2, 0.25) is 0 Å². The Morgan fingerprint density at radius 3 is 2.62 bits per heavy atom. The van der Waals surface area contributed by atoms with Crippen LogP contribution in [0.1, 0.15) is 36.4 Å². The SMILES string of the molecule is CCOC(=O)c1c(C)oc2cc(Br)c(OC(=O)CC)cc12. The van der Waals surface area contributed by atoms with Gasteiger partial charge in [-0.05, 0) is 41.9 Å². The highest BCUT2D eigenvalue weighted by Crippen LogP contribution is 2.35. The summed E-state index contributed by atoms with van der Waals surface area (Å²) in [4.78, 5) is 23.5. The Hall–Kier alpha value is -1.82. The van der Waals surface area contributed by atoms with Crippen molar-refractivity contribution in [3.63, 3.8) is 0 Å². The maximum absolute atomic E-state index is 12.0. The van der Waals surface area contributed by atoms with E-state index in [1.165, 1.54) is 0 Å². The van der Waals surface area contributed by atoms with Crippen molar-refractivity contribution >= 4 is 38.8 Å². The number of hydrogen-bond acceptors (Lipinski definition) is 5. The summed E-state index contributed by atoms with van der Waals surface area (Å²) in [5.41, 5.74) is 0.881. The van der Waals surface area contributed by atoms with Crippen molar-refractivity contribution in [2.24, 2.45) is 0 Å². The lowest BCUT2D eigenvalue weighted by Gasteiger charge is -2.06. The summed E-state index contributed by atoms with van der Waals surface area (Å²) in [5, 5.41) is 0.563. The monoisotopic (exact) mass is 354 g/mol. The number of benzene rings is 1. The second-order valence-electron chi connectivity index (χ2n) is 4.36. The highest BCUT2D eigenvalue weighted by atomic mass is 79.9. The number of esters is 2. The highest BCUT2D eigenvalue weighted by Gasteiger charge is 2.21. The molecule has 21 heavy (non-hydrogen) atoms. The Bertz CT molecular complexity index is 702. The van der Waals surface area contributed by atoms with Crippen molar-refractivity contribution in [3.8, 4) is 5.75 Å². The quantitative estimate of drug-likeness (QED) is 0.613. The van der Waals surface area contributed by atoms with Gasteiger partial charge in [-0.3, -0.25) is 4.79 Å². The predicted molar refractivity (Wildman–Crippen MR) is 80.5 cm³/mol. The minimum Gasteiger partial charge on any atom is -0.462 e. The lowest BCUT2D eigenvalue weighted by molar-refractivity contribution is -0.134. The molecule has 0 N–H and O–H groups in total. The summed E-state index contributed by atoms with van der Waals surface area (Å²) in [7, 11) is 0. The first kappa shape index (κ1) is 15.6. The van der Waals surface area contributed by atoms with Crippen molar-refractivity contribution in [2.45, 2.75) is 27.2 Å². The van der Waals surface area contributed by atoms with E-state index in [9.17, 15) is 9.59 Å². The van der Waals surface area contributed by atoms with Gasteiger partial charge >= 0.3 is 11.9 Å². The van der Waals surface area contributed by atoms with E-state index < -0.39 is 5.97 Å². The topological polar surface area (TPSA) is 65.7 Å². The van der Waals surface area contributed by atoms with Gasteiger partial charge in [0, 0.05) is 11.8 Å². The van der Waals surface area contributed by atoms with Crippen LogP contribution in [0.15, 0.2) is 21.0 Å². The van der Waals surface area contributed by atoms with Gasteiger partial charge in [0.1, 0.15) is 22.7 Å². The van der Waals surface area contributed by atoms with E-state index in [4.69, 9.17) is 13.9 Å². The third-order valence-electron chi connectivity index (χ3n) is 2.91. The normalized spacial score (nSPS) is 10.7. The Kier molecular flexibility index (Phi) is 4.67. The maximum atomic E-state index is 12.0. The Balaban J connectivity index is 2.55. The minimum atomic E-state index is -0.455. The zero-order valence-electron chi connectivity index (χ0n) is 12.0. The van der Waals surface area contributed by atoms with Crippen LogP contribution in [0.5, 0.6) is 5.75 Å². The van der Waals surface area contributed by atoms with E-state index in [0.29, 0.717) is 32.5 Å². The van der Waals surface area contributed by atoms with Gasteiger partial charge in [0.05, 0.1) is 11.1 Å². The number of fused-ring (bicyclic) bond motifs is 1. The molecule has 0 bridgehead atoms. The molecule has 1 aromatic heterocycles. The molecule has 0 saturated heterocycles. The summed E-state index contributed by atoms with van der Waals surface area (Å²) < 4.78 is 16.4. The third kappa shape index (κ3) is 3.10. The van der Waals surface area contributed by atoms with Crippen LogP contribution in [0.3, 0.4) is 0 Å². The molecule has 0 unspecified atom stereocenters. The number of halogens is 1. The summed E-state index contributed by atoms with van der Waals surface area (Å²) in [6.45, 7) is 5.42. The molecule has 0 spiro atoms. The molecule has 0 fully saturated rings. The van der Waals surface area contributed by atoms with E-state index in [-0.39, 0.29) is 19.0 Å². The average Bonchev–Trinajstić information content (AvgIpc) is 2.74. The molecule has 0 saturated carbocycles. The lowest BCUT2D eigenvalue weighted by atomic mass is 10.1. The van der Waals surface area contributed by atoms with Crippen molar-refractivity contribution in [1.82, 2.24) is 0 Å². The minimum absolute atomic E-state index is 0.264. The second-order valence-corrected chi connectivity index (χ2v) is 5.21. The number of carbonyl (C=O) groups excluding carboxylic acids is 2. The third-order valence-corrected chi connectivity index (χ3v) is 3.53. The molecule has 2 rings (SSSR count). The number of rotatable bonds is 4. The van der Waals surface area contributed by atoms with Crippen LogP contribution in [0.25, 0.3) is 11.0 Å². The predicted octanol–water partition coefficient (Wildman–Crippen LogP) is 4.00. The molecule has 1 aromatic carbocycles. The molecule has 1 heterocycles. The molecular formula is C15H15BrO5. The van der Waals surface area contributed by atoms with E-state index in [0.717, 1.165) is 0 Å². The molecule has 112 valence electrons. The zero-order chi connectivity index (χ0) is 15.6. The van der Waals surface area contributed by atoms with Gasteiger partial charge in [-0.15, -0.1) is 0 Å². The Labute approximate surface area is 130 Å². The summed E-state index contributed by atoms with van der Waals surface area (Å²) in [6, 6.07) is 3.28. The molecule has 5 nitrogen and oxygen atoms in total. The van der Waals surface area contributed by atoms with Crippen LogP contribution >= 0.6 is 15.9 Å². The average molecular weight is 355 g/mol. The van der Waals surface area contributed by atoms with Gasteiger partial charge in [-0.1, -0.05) is 6.92 Å². The van der Waals surface area contributed by atoms with Crippen molar-refractivity contribution in [1.29, 1.82) is 0 Å². The van der Waals surface area contributed by atoms with Crippen LogP contribution in [-0.2, 0) is 9.53 Å². The summed E-state index contributed by atoms with van der Waals surface area (Å²) >= 11 is 3.32. The largest absolute Gasteiger partial charge is 0.462 e. The first-order valence-electron chi connectivity index (χ1n) is 6.58. The van der Waals surface area contributed by atoms with E-state index in [2.05, 4.69) is 15.9 Å². The molecule has 0 amide bonds. The van der Waals surface area contributed by atoms with E-state index in [1.54, 1.807) is 32.9 Å². The van der Waals surface area contributed by atoms with Crippen LogP contribution < -0.4 is 4.74 Å². The first-order valence-corrected chi connectivity index (χ1v) is 7.37. The van der Waals surface area contributed by atoms with Crippen molar-refractivity contribution < 1.29 is 23.5 Å². The molecule has 0 aliphatic rings. The lowest BCUT2D eigenvalue weighted by Crippen LogP contribution is -2.07. The van der Waals surface area contributed by atoms with E-state index >= 15 is 0 Å². The van der Waals surface area contributed by atoms with Gasteiger partial charge in [0.15, 0.2) is 0 Å². The van der Waals surface area contributed by atoms with Gasteiger partial charge in [-0.25, -0.2) is 4.79 Å². The number of aryl methyl sites for hydroxylation is 1.